The van der Waals surface area contributed by atoms with Crippen molar-refractivity contribution in [2.75, 3.05) is 44.7 Å². The smallest absolute Gasteiger partial charge is 0.319 e. The molecule has 4 nitrogen and oxygen atoms in total. The van der Waals surface area contributed by atoms with E-state index in [0.717, 1.165) is 19.0 Å². The number of nitrogens with zero attached hydrogens (tertiary/aromatic N) is 2. The number of esters is 1. The van der Waals surface area contributed by atoms with Gasteiger partial charge in [0.25, 0.3) is 0 Å². The minimum atomic E-state index is -0.835. The van der Waals surface area contributed by atoms with Crippen molar-refractivity contribution >= 4 is 11.7 Å². The second-order valence-corrected chi connectivity index (χ2v) is 4.77. The molecule has 1 fully saturated rings. The van der Waals surface area contributed by atoms with Crippen LogP contribution in [0.1, 0.15) is 6.42 Å². The SMILES string of the molecule is COC(=O)CN1CCCN(c2cccc(F)c2F)CC1. The highest BCUT2D eigenvalue weighted by Gasteiger charge is 2.20. The molecule has 1 saturated heterocycles. The van der Waals surface area contributed by atoms with Gasteiger partial charge in [-0.15, -0.1) is 0 Å². The summed E-state index contributed by atoms with van der Waals surface area (Å²) in [5, 5.41) is 0. The topological polar surface area (TPSA) is 32.8 Å². The van der Waals surface area contributed by atoms with E-state index < -0.39 is 11.6 Å². The number of benzene rings is 1. The number of methoxy groups -OCH3 is 1. The highest BCUT2D eigenvalue weighted by Crippen LogP contribution is 2.22. The zero-order valence-corrected chi connectivity index (χ0v) is 11.4. The van der Waals surface area contributed by atoms with E-state index in [-0.39, 0.29) is 18.2 Å². The minimum Gasteiger partial charge on any atom is -0.468 e. The largest absolute Gasteiger partial charge is 0.468 e. The van der Waals surface area contributed by atoms with Crippen LogP contribution in [0, 0.1) is 11.6 Å². The number of halogens is 2. The molecule has 0 atom stereocenters. The summed E-state index contributed by atoms with van der Waals surface area (Å²) in [5.74, 6) is -1.93. The fraction of sp³-hybridized carbons (Fsp3) is 0.500. The van der Waals surface area contributed by atoms with Gasteiger partial charge in [-0.1, -0.05) is 6.07 Å². The molecule has 0 bridgehead atoms. The zero-order chi connectivity index (χ0) is 14.5. The van der Waals surface area contributed by atoms with Crippen LogP contribution >= 0.6 is 0 Å². The number of anilines is 1. The van der Waals surface area contributed by atoms with Gasteiger partial charge in [0.2, 0.25) is 0 Å². The Hall–Kier alpha value is -1.69. The van der Waals surface area contributed by atoms with Gasteiger partial charge in [-0.25, -0.2) is 8.78 Å². The van der Waals surface area contributed by atoms with Crippen LogP contribution in [0.5, 0.6) is 0 Å². The number of rotatable bonds is 3. The predicted molar refractivity (Wildman–Crippen MR) is 71.6 cm³/mol. The number of hydrogen-bond acceptors (Lipinski definition) is 4. The first-order valence-electron chi connectivity index (χ1n) is 6.60. The molecule has 0 saturated carbocycles. The van der Waals surface area contributed by atoms with Crippen molar-refractivity contribution in [1.82, 2.24) is 4.90 Å². The van der Waals surface area contributed by atoms with Gasteiger partial charge in [0.15, 0.2) is 11.6 Å². The van der Waals surface area contributed by atoms with Crippen LogP contribution in [0.25, 0.3) is 0 Å². The van der Waals surface area contributed by atoms with Gasteiger partial charge >= 0.3 is 5.97 Å². The molecule has 1 aliphatic rings. The second-order valence-electron chi connectivity index (χ2n) is 4.77. The summed E-state index contributed by atoms with van der Waals surface area (Å²) in [4.78, 5) is 15.0. The molecule has 0 spiro atoms. The van der Waals surface area contributed by atoms with Crippen LogP contribution in [-0.4, -0.2) is 50.7 Å². The van der Waals surface area contributed by atoms with Crippen molar-refractivity contribution in [2.24, 2.45) is 0 Å². The fourth-order valence-corrected chi connectivity index (χ4v) is 2.35. The first-order chi connectivity index (χ1) is 9.61. The Morgan fingerprint density at radius 3 is 2.80 bits per heavy atom. The van der Waals surface area contributed by atoms with E-state index in [4.69, 9.17) is 0 Å². The molecule has 6 heteroatoms. The number of hydrogen-bond donors (Lipinski definition) is 0. The second kappa shape index (κ2) is 6.65. The molecule has 1 aromatic carbocycles. The van der Waals surface area contributed by atoms with Crippen molar-refractivity contribution in [3.8, 4) is 0 Å². The summed E-state index contributed by atoms with van der Waals surface area (Å²) in [6.07, 6.45) is 0.785. The van der Waals surface area contributed by atoms with Crippen molar-refractivity contribution < 1.29 is 18.3 Å². The third-order valence-electron chi connectivity index (χ3n) is 3.44. The standard InChI is InChI=1S/C14H18F2N2O2/c1-20-13(19)10-17-6-3-7-18(9-8-17)12-5-2-4-11(15)14(12)16/h2,4-5H,3,6-10H2,1H3. The van der Waals surface area contributed by atoms with Crippen molar-refractivity contribution in [2.45, 2.75) is 6.42 Å². The van der Waals surface area contributed by atoms with E-state index in [1.54, 1.807) is 6.07 Å². The molecule has 1 aliphatic heterocycles. The van der Waals surface area contributed by atoms with Crippen LogP contribution in [0.4, 0.5) is 14.5 Å². The monoisotopic (exact) mass is 284 g/mol. The maximum atomic E-state index is 13.8. The van der Waals surface area contributed by atoms with E-state index in [0.29, 0.717) is 19.6 Å². The molecular formula is C14H18F2N2O2. The first-order valence-corrected chi connectivity index (χ1v) is 6.60. The minimum absolute atomic E-state index is 0.232. The molecule has 0 amide bonds. The van der Waals surface area contributed by atoms with E-state index in [1.165, 1.54) is 13.2 Å². The third-order valence-corrected chi connectivity index (χ3v) is 3.44. The van der Waals surface area contributed by atoms with Crippen LogP contribution < -0.4 is 4.90 Å². The zero-order valence-electron chi connectivity index (χ0n) is 11.4. The van der Waals surface area contributed by atoms with Crippen LogP contribution in [0.15, 0.2) is 18.2 Å². The molecule has 1 aromatic rings. The molecule has 0 unspecified atom stereocenters. The Balaban J connectivity index is 2.02. The molecule has 110 valence electrons. The number of carbonyl (C=O) groups is 1. The summed E-state index contributed by atoms with van der Waals surface area (Å²) in [5.41, 5.74) is 0.282. The Morgan fingerprint density at radius 1 is 1.25 bits per heavy atom. The Morgan fingerprint density at radius 2 is 2.05 bits per heavy atom. The van der Waals surface area contributed by atoms with E-state index in [9.17, 15) is 13.6 Å². The highest BCUT2D eigenvalue weighted by atomic mass is 19.2. The number of carbonyl (C=O) groups excluding carboxylic acids is 1. The van der Waals surface area contributed by atoms with Crippen LogP contribution in [0.3, 0.4) is 0 Å². The molecular weight excluding hydrogens is 266 g/mol. The normalized spacial score (nSPS) is 16.9. The van der Waals surface area contributed by atoms with E-state index in [2.05, 4.69) is 4.74 Å². The van der Waals surface area contributed by atoms with Gasteiger partial charge in [0, 0.05) is 26.2 Å². The van der Waals surface area contributed by atoms with Gasteiger partial charge < -0.3 is 9.64 Å². The predicted octanol–water partition coefficient (Wildman–Crippen LogP) is 1.65. The van der Waals surface area contributed by atoms with Gasteiger partial charge in [-0.05, 0) is 18.6 Å². The average molecular weight is 284 g/mol. The van der Waals surface area contributed by atoms with Gasteiger partial charge in [-0.3, -0.25) is 9.69 Å². The first kappa shape index (κ1) is 14.7. The highest BCUT2D eigenvalue weighted by molar-refractivity contribution is 5.71. The number of ether oxygens (including phenoxy) is 1. The van der Waals surface area contributed by atoms with Crippen molar-refractivity contribution in [3.63, 3.8) is 0 Å². The molecule has 0 aromatic heterocycles. The Kier molecular flexibility index (Phi) is 4.89. The Bertz CT molecular complexity index is 482. The summed E-state index contributed by atoms with van der Waals surface area (Å²) >= 11 is 0. The summed E-state index contributed by atoms with van der Waals surface area (Å²) in [6, 6.07) is 4.19. The third kappa shape index (κ3) is 3.45. The maximum absolute atomic E-state index is 13.8. The van der Waals surface area contributed by atoms with E-state index in [1.807, 2.05) is 9.80 Å². The lowest BCUT2D eigenvalue weighted by Crippen LogP contribution is -2.34. The van der Waals surface area contributed by atoms with Gasteiger partial charge in [0.05, 0.1) is 19.3 Å². The van der Waals surface area contributed by atoms with E-state index >= 15 is 0 Å². The Labute approximate surface area is 116 Å². The van der Waals surface area contributed by atoms with Gasteiger partial charge in [0.1, 0.15) is 0 Å². The lowest BCUT2D eigenvalue weighted by Gasteiger charge is -2.23. The lowest BCUT2D eigenvalue weighted by molar-refractivity contribution is -0.141. The summed E-state index contributed by atoms with van der Waals surface area (Å²) < 4.78 is 31.7. The molecule has 0 N–H and O–H groups in total. The summed E-state index contributed by atoms with van der Waals surface area (Å²) in [7, 11) is 1.36. The average Bonchev–Trinajstić information content (AvgIpc) is 2.67. The quantitative estimate of drug-likeness (QED) is 0.790. The molecule has 1 heterocycles. The molecule has 0 aliphatic carbocycles. The van der Waals surface area contributed by atoms with Crippen LogP contribution in [-0.2, 0) is 9.53 Å². The van der Waals surface area contributed by atoms with Crippen molar-refractivity contribution in [3.05, 3.63) is 29.8 Å². The van der Waals surface area contributed by atoms with Gasteiger partial charge in [-0.2, -0.15) is 0 Å². The molecule has 2 rings (SSSR count). The molecule has 20 heavy (non-hydrogen) atoms. The maximum Gasteiger partial charge on any atom is 0.319 e. The fourth-order valence-electron chi connectivity index (χ4n) is 2.35. The van der Waals surface area contributed by atoms with Crippen molar-refractivity contribution in [1.29, 1.82) is 0 Å². The van der Waals surface area contributed by atoms with Crippen LogP contribution in [0.2, 0.25) is 0 Å². The lowest BCUT2D eigenvalue weighted by atomic mass is 10.2. The molecule has 0 radical (unpaired) electrons. The summed E-state index contributed by atoms with van der Waals surface area (Å²) in [6.45, 7) is 2.78.